The molecule has 380 valence electrons. The van der Waals surface area contributed by atoms with Crippen molar-refractivity contribution in [2.24, 2.45) is 11.3 Å². The SMILES string of the molecule is Cc1ncsc1-c1ccc(C(C)NC(=O)C2CC(O)CN2C(=O)C(NC(=O)CCCCCCNC(=O)c2ccc(C(=O)N3CCC(CCCCNC(=O)C=Cc4cccnc4)CC3)cc2)C(C)(C)C)cc1. The summed E-state index contributed by atoms with van der Waals surface area (Å²) in [6.45, 7) is 11.9. The zero-order valence-corrected chi connectivity index (χ0v) is 42.8. The Kier molecular flexibility index (Phi) is 20.0. The number of benzene rings is 2. The number of nitrogens with zero attached hydrogens (tertiary/aromatic N) is 4. The van der Waals surface area contributed by atoms with Crippen molar-refractivity contribution in [1.29, 1.82) is 0 Å². The number of piperidine rings is 1. The fraction of sp³-hybridized carbons (Fsp3) is 0.491. The minimum atomic E-state index is -0.904. The molecule has 4 aromatic rings. The average Bonchev–Trinajstić information content (AvgIpc) is 3.99. The number of carbonyl (C=O) groups excluding carboxylic acids is 6. The molecule has 6 amide bonds. The van der Waals surface area contributed by atoms with Gasteiger partial charge in [-0.3, -0.25) is 33.8 Å². The fourth-order valence-corrected chi connectivity index (χ4v) is 9.97. The van der Waals surface area contributed by atoms with Gasteiger partial charge in [0.25, 0.3) is 11.8 Å². The lowest BCUT2D eigenvalue weighted by Crippen LogP contribution is -2.57. The number of pyridine rings is 1. The molecule has 4 unspecified atom stereocenters. The third-order valence-corrected chi connectivity index (χ3v) is 14.4. The summed E-state index contributed by atoms with van der Waals surface area (Å²) in [5.74, 6) is -0.827. The number of rotatable bonds is 22. The Balaban J connectivity index is 0.839. The van der Waals surface area contributed by atoms with Crippen molar-refractivity contribution in [3.63, 3.8) is 0 Å². The predicted molar refractivity (Wildman–Crippen MR) is 277 cm³/mol. The normalized spacial score (nSPS) is 17.2. The molecule has 0 spiro atoms. The third kappa shape index (κ3) is 16.1. The van der Waals surface area contributed by atoms with Crippen LogP contribution in [0.5, 0.6) is 0 Å². The Labute approximate surface area is 422 Å². The maximum atomic E-state index is 14.1. The Hall–Kier alpha value is -6.26. The number of aryl methyl sites for hydroxylation is 1. The molecule has 4 heterocycles. The molecular weight excluding hydrogens is 917 g/mol. The van der Waals surface area contributed by atoms with Gasteiger partial charge in [-0.05, 0) is 110 Å². The van der Waals surface area contributed by atoms with Crippen LogP contribution in [0.25, 0.3) is 16.5 Å². The summed E-state index contributed by atoms with van der Waals surface area (Å²) in [5, 5.41) is 22.5. The van der Waals surface area contributed by atoms with E-state index in [1.807, 2.05) is 81.4 Å². The van der Waals surface area contributed by atoms with E-state index in [4.69, 9.17) is 0 Å². The van der Waals surface area contributed by atoms with Gasteiger partial charge in [-0.15, -0.1) is 11.3 Å². The number of carbonyl (C=O) groups is 6. The van der Waals surface area contributed by atoms with Crippen LogP contribution in [0.2, 0.25) is 0 Å². The Morgan fingerprint density at radius 3 is 2.23 bits per heavy atom. The first-order valence-corrected chi connectivity index (χ1v) is 26.1. The van der Waals surface area contributed by atoms with Gasteiger partial charge in [0.05, 0.1) is 28.2 Å². The summed E-state index contributed by atoms with van der Waals surface area (Å²) in [5.41, 5.74) is 5.99. The first kappa shape index (κ1) is 54.1. The summed E-state index contributed by atoms with van der Waals surface area (Å²) in [6.07, 6.45) is 13.9. The second-order valence-corrected chi connectivity index (χ2v) is 20.9. The molecule has 0 saturated carbocycles. The van der Waals surface area contributed by atoms with Crippen molar-refractivity contribution < 1.29 is 33.9 Å². The van der Waals surface area contributed by atoms with E-state index < -0.39 is 29.5 Å². The lowest BCUT2D eigenvalue weighted by molar-refractivity contribution is -0.144. The maximum Gasteiger partial charge on any atom is 0.253 e. The van der Waals surface area contributed by atoms with Crippen LogP contribution >= 0.6 is 11.3 Å². The van der Waals surface area contributed by atoms with E-state index in [9.17, 15) is 33.9 Å². The largest absolute Gasteiger partial charge is 0.391 e. The van der Waals surface area contributed by atoms with E-state index in [1.54, 1.807) is 54.1 Å². The summed E-state index contributed by atoms with van der Waals surface area (Å²) in [7, 11) is 0. The molecule has 2 aliphatic rings. The van der Waals surface area contributed by atoms with Crippen LogP contribution in [-0.2, 0) is 19.2 Å². The molecule has 2 aliphatic heterocycles. The van der Waals surface area contributed by atoms with Crippen LogP contribution < -0.4 is 21.3 Å². The first-order chi connectivity index (χ1) is 34.1. The molecule has 71 heavy (non-hydrogen) atoms. The summed E-state index contributed by atoms with van der Waals surface area (Å²) in [6, 6.07) is 16.3. The van der Waals surface area contributed by atoms with Crippen molar-refractivity contribution in [2.45, 2.75) is 129 Å². The molecule has 16 heteroatoms. The number of likely N-dealkylation sites (tertiary alicyclic amines) is 2. The summed E-state index contributed by atoms with van der Waals surface area (Å²) in [4.78, 5) is 92.0. The van der Waals surface area contributed by atoms with Gasteiger partial charge in [0.1, 0.15) is 12.1 Å². The average molecular weight is 989 g/mol. The zero-order valence-electron chi connectivity index (χ0n) is 42.0. The second-order valence-electron chi connectivity index (χ2n) is 20.0. The van der Waals surface area contributed by atoms with E-state index >= 15 is 0 Å². The highest BCUT2D eigenvalue weighted by molar-refractivity contribution is 7.13. The van der Waals surface area contributed by atoms with Gasteiger partial charge in [0, 0.05) is 75.2 Å². The van der Waals surface area contributed by atoms with Gasteiger partial charge < -0.3 is 36.2 Å². The van der Waals surface area contributed by atoms with Gasteiger partial charge in [0.15, 0.2) is 0 Å². The quantitative estimate of drug-likeness (QED) is 0.0393. The molecule has 2 aromatic heterocycles. The molecule has 0 radical (unpaired) electrons. The van der Waals surface area contributed by atoms with Crippen molar-refractivity contribution in [1.82, 2.24) is 41.0 Å². The molecule has 0 aliphatic carbocycles. The van der Waals surface area contributed by atoms with Gasteiger partial charge in [-0.25, -0.2) is 4.98 Å². The van der Waals surface area contributed by atoms with Gasteiger partial charge in [-0.2, -0.15) is 0 Å². The second kappa shape index (κ2) is 26.3. The molecule has 2 saturated heterocycles. The fourth-order valence-electron chi connectivity index (χ4n) is 9.16. The van der Waals surface area contributed by atoms with Gasteiger partial charge >= 0.3 is 0 Å². The molecule has 2 aromatic carbocycles. The Morgan fingerprint density at radius 1 is 0.859 bits per heavy atom. The van der Waals surface area contributed by atoms with Crippen LogP contribution in [0.1, 0.15) is 142 Å². The number of nitrogens with one attached hydrogen (secondary N) is 4. The molecule has 0 bridgehead atoms. The molecule has 4 atom stereocenters. The standard InChI is InChI=1S/C55H72N8O7S/c1-37(41-17-19-42(20-18-41)49-38(2)59-36-71-49)60-52(68)46-33-45(64)35-63(46)54(70)50(55(3,4)5)61-48(66)15-8-6-7-10-30-58-51(67)43-21-23-44(24-22-43)53(69)62-31-26-39(27-32-62)13-9-11-29-57-47(65)25-16-40-14-12-28-56-34-40/h12,14,16-25,28,34,36-37,39,45-46,50,64H,6-11,13,15,26-27,29-33,35H2,1-5H3,(H,57,65)(H,58,67)(H,60,68)(H,61,66). The van der Waals surface area contributed by atoms with Crippen molar-refractivity contribution in [2.75, 3.05) is 32.7 Å². The number of hydrogen-bond donors (Lipinski definition) is 5. The van der Waals surface area contributed by atoms with E-state index in [0.29, 0.717) is 49.6 Å². The highest BCUT2D eigenvalue weighted by Gasteiger charge is 2.44. The predicted octanol–water partition coefficient (Wildman–Crippen LogP) is 7.42. The van der Waals surface area contributed by atoms with Crippen molar-refractivity contribution in [3.05, 3.63) is 113 Å². The Bertz CT molecular complexity index is 2430. The number of thiazole rings is 1. The number of aliphatic hydroxyl groups is 1. The monoisotopic (exact) mass is 989 g/mol. The summed E-state index contributed by atoms with van der Waals surface area (Å²) < 4.78 is 0. The molecule has 6 rings (SSSR count). The van der Waals surface area contributed by atoms with Crippen LogP contribution in [0, 0.1) is 18.3 Å². The molecule has 15 nitrogen and oxygen atoms in total. The smallest absolute Gasteiger partial charge is 0.253 e. The zero-order chi connectivity index (χ0) is 50.9. The van der Waals surface area contributed by atoms with Gasteiger partial charge in [0.2, 0.25) is 23.6 Å². The lowest BCUT2D eigenvalue weighted by Gasteiger charge is -2.35. The van der Waals surface area contributed by atoms with Gasteiger partial charge in [-0.1, -0.05) is 76.8 Å². The van der Waals surface area contributed by atoms with Crippen molar-refractivity contribution >= 4 is 52.9 Å². The topological polar surface area (TPSA) is 203 Å². The minimum absolute atomic E-state index is 0.000740. The number of amides is 6. The van der Waals surface area contributed by atoms with Crippen LogP contribution in [0.15, 0.2) is 84.6 Å². The van der Waals surface area contributed by atoms with Crippen LogP contribution in [0.3, 0.4) is 0 Å². The van der Waals surface area contributed by atoms with Crippen LogP contribution in [-0.4, -0.2) is 111 Å². The Morgan fingerprint density at radius 2 is 1.55 bits per heavy atom. The number of β-amino-alcohol motifs (C(OH)–C–C–N with tert-alkyl or cyclic N) is 1. The molecule has 5 N–H and O–H groups in total. The van der Waals surface area contributed by atoms with E-state index in [1.165, 1.54) is 11.0 Å². The molecule has 2 fully saturated rings. The van der Waals surface area contributed by atoms with E-state index in [-0.39, 0.29) is 55.0 Å². The number of unbranched alkanes of at least 4 members (excludes halogenated alkanes) is 4. The highest BCUT2D eigenvalue weighted by atomic mass is 32.1. The first-order valence-electron chi connectivity index (χ1n) is 25.2. The lowest BCUT2D eigenvalue weighted by atomic mass is 9.85. The number of hydrogen-bond acceptors (Lipinski definition) is 10. The summed E-state index contributed by atoms with van der Waals surface area (Å²) >= 11 is 1.57. The number of aliphatic hydroxyl groups excluding tert-OH is 1. The molecular formula is C55H72N8O7S. The van der Waals surface area contributed by atoms with Crippen molar-refractivity contribution in [3.8, 4) is 10.4 Å². The maximum absolute atomic E-state index is 14.1. The van der Waals surface area contributed by atoms with Crippen LogP contribution in [0.4, 0.5) is 0 Å². The van der Waals surface area contributed by atoms with E-state index in [0.717, 1.165) is 78.6 Å². The van der Waals surface area contributed by atoms with E-state index in [2.05, 4.69) is 31.2 Å². The number of aromatic nitrogens is 2. The third-order valence-electron chi connectivity index (χ3n) is 13.4. The highest BCUT2D eigenvalue weighted by Crippen LogP contribution is 2.30. The minimum Gasteiger partial charge on any atom is -0.391 e.